The van der Waals surface area contributed by atoms with Crippen molar-refractivity contribution in [3.8, 4) is 0 Å². The number of likely N-dealkylation sites (N-methyl/N-ethyl adjacent to an activating group) is 1. The molecule has 1 amide bonds. The number of amides is 1. The molecule has 1 aromatic heterocycles. The minimum absolute atomic E-state index is 0. The zero-order chi connectivity index (χ0) is 13.9. The molecule has 2 heterocycles. The molecule has 0 saturated carbocycles. The standard InChI is InChI=1S/C14H21ClN2OS.ClH/c1-3-14(8-5-9-16-14)13(18)17(4-2)10-11-6-7-12(15)19-11;/h6-7,16H,3-5,8-10H2,1-2H3;1H. The van der Waals surface area contributed by atoms with E-state index >= 15 is 0 Å². The van der Waals surface area contributed by atoms with Crippen molar-refractivity contribution < 1.29 is 4.79 Å². The Kier molecular flexibility index (Phi) is 6.79. The van der Waals surface area contributed by atoms with Gasteiger partial charge < -0.3 is 10.2 Å². The molecule has 0 bridgehead atoms. The van der Waals surface area contributed by atoms with Gasteiger partial charge in [0, 0.05) is 11.4 Å². The fourth-order valence-corrected chi connectivity index (χ4v) is 3.80. The van der Waals surface area contributed by atoms with E-state index in [2.05, 4.69) is 12.2 Å². The molecule has 20 heavy (non-hydrogen) atoms. The van der Waals surface area contributed by atoms with E-state index in [4.69, 9.17) is 11.6 Å². The highest BCUT2D eigenvalue weighted by molar-refractivity contribution is 7.16. The van der Waals surface area contributed by atoms with Crippen molar-refractivity contribution >= 4 is 41.3 Å². The van der Waals surface area contributed by atoms with Gasteiger partial charge in [-0.3, -0.25) is 4.79 Å². The quantitative estimate of drug-likeness (QED) is 0.888. The van der Waals surface area contributed by atoms with Gasteiger partial charge in [0.2, 0.25) is 5.91 Å². The van der Waals surface area contributed by atoms with Crippen molar-refractivity contribution in [2.45, 2.75) is 45.2 Å². The van der Waals surface area contributed by atoms with E-state index in [1.165, 1.54) is 0 Å². The fraction of sp³-hybridized carbons (Fsp3) is 0.643. The van der Waals surface area contributed by atoms with Crippen LogP contribution in [-0.2, 0) is 11.3 Å². The number of hydrogen-bond donors (Lipinski definition) is 1. The van der Waals surface area contributed by atoms with Crippen molar-refractivity contribution in [3.05, 3.63) is 21.3 Å². The van der Waals surface area contributed by atoms with Gasteiger partial charge in [-0.1, -0.05) is 18.5 Å². The highest BCUT2D eigenvalue weighted by atomic mass is 35.5. The molecule has 114 valence electrons. The van der Waals surface area contributed by atoms with Crippen molar-refractivity contribution in [2.75, 3.05) is 13.1 Å². The molecule has 1 aliphatic rings. The topological polar surface area (TPSA) is 32.3 Å². The molecular weight excluding hydrogens is 315 g/mol. The lowest BCUT2D eigenvalue weighted by atomic mass is 9.92. The summed E-state index contributed by atoms with van der Waals surface area (Å²) in [4.78, 5) is 15.9. The molecule has 1 N–H and O–H groups in total. The van der Waals surface area contributed by atoms with Gasteiger partial charge in [0.1, 0.15) is 0 Å². The smallest absolute Gasteiger partial charge is 0.243 e. The number of thiophene rings is 1. The van der Waals surface area contributed by atoms with Crippen LogP contribution in [0.2, 0.25) is 4.34 Å². The number of carbonyl (C=O) groups is 1. The van der Waals surface area contributed by atoms with Crippen molar-refractivity contribution in [1.82, 2.24) is 10.2 Å². The number of hydrogen-bond acceptors (Lipinski definition) is 3. The number of nitrogens with one attached hydrogen (secondary N) is 1. The first-order valence-electron chi connectivity index (χ1n) is 6.90. The highest BCUT2D eigenvalue weighted by Gasteiger charge is 2.41. The van der Waals surface area contributed by atoms with Crippen molar-refractivity contribution in [1.29, 1.82) is 0 Å². The molecule has 1 saturated heterocycles. The Morgan fingerprint density at radius 3 is 2.70 bits per heavy atom. The Labute approximate surface area is 136 Å². The molecule has 6 heteroatoms. The second-order valence-corrected chi connectivity index (χ2v) is 6.79. The summed E-state index contributed by atoms with van der Waals surface area (Å²) in [6.45, 7) is 6.47. The second-order valence-electron chi connectivity index (χ2n) is 4.99. The Bertz CT molecular complexity index is 444. The molecule has 0 radical (unpaired) electrons. The van der Waals surface area contributed by atoms with Gasteiger partial charge in [-0.25, -0.2) is 0 Å². The molecule has 0 aliphatic carbocycles. The van der Waals surface area contributed by atoms with Crippen molar-refractivity contribution in [3.63, 3.8) is 0 Å². The van der Waals surface area contributed by atoms with Crippen molar-refractivity contribution in [2.24, 2.45) is 0 Å². The molecule has 1 aromatic rings. The van der Waals surface area contributed by atoms with E-state index in [0.717, 1.165) is 41.6 Å². The van der Waals surface area contributed by atoms with Crippen LogP contribution in [0.5, 0.6) is 0 Å². The van der Waals surface area contributed by atoms with Gasteiger partial charge in [0.25, 0.3) is 0 Å². The molecule has 1 unspecified atom stereocenters. The maximum absolute atomic E-state index is 12.8. The summed E-state index contributed by atoms with van der Waals surface area (Å²) in [5, 5.41) is 3.41. The predicted molar refractivity (Wildman–Crippen MR) is 87.9 cm³/mol. The Hall–Kier alpha value is -0.290. The van der Waals surface area contributed by atoms with Gasteiger partial charge >= 0.3 is 0 Å². The molecule has 1 fully saturated rings. The van der Waals surface area contributed by atoms with Gasteiger partial charge in [0.05, 0.1) is 16.4 Å². The lowest BCUT2D eigenvalue weighted by Crippen LogP contribution is -2.54. The third-order valence-electron chi connectivity index (χ3n) is 3.90. The average molecular weight is 337 g/mol. The summed E-state index contributed by atoms with van der Waals surface area (Å²) in [6.07, 6.45) is 2.89. The van der Waals surface area contributed by atoms with Crippen LogP contribution >= 0.6 is 35.3 Å². The number of halogens is 2. The molecule has 2 rings (SSSR count). The third-order valence-corrected chi connectivity index (χ3v) is 5.12. The van der Waals surface area contributed by atoms with Gasteiger partial charge in [-0.15, -0.1) is 23.7 Å². The van der Waals surface area contributed by atoms with Crippen LogP contribution < -0.4 is 5.32 Å². The van der Waals surface area contributed by atoms with E-state index in [1.54, 1.807) is 11.3 Å². The maximum Gasteiger partial charge on any atom is 0.243 e. The van der Waals surface area contributed by atoms with E-state index < -0.39 is 0 Å². The largest absolute Gasteiger partial charge is 0.336 e. The lowest BCUT2D eigenvalue weighted by molar-refractivity contribution is -0.138. The Morgan fingerprint density at radius 1 is 1.50 bits per heavy atom. The zero-order valence-electron chi connectivity index (χ0n) is 11.9. The summed E-state index contributed by atoms with van der Waals surface area (Å²) in [7, 11) is 0. The zero-order valence-corrected chi connectivity index (χ0v) is 14.3. The van der Waals surface area contributed by atoms with Crippen LogP contribution in [0.3, 0.4) is 0 Å². The Balaban J connectivity index is 0.00000200. The van der Waals surface area contributed by atoms with Gasteiger partial charge in [0.15, 0.2) is 0 Å². The van der Waals surface area contributed by atoms with Crippen LogP contribution in [0.4, 0.5) is 0 Å². The molecule has 0 aromatic carbocycles. The fourth-order valence-electron chi connectivity index (χ4n) is 2.70. The van der Waals surface area contributed by atoms with Gasteiger partial charge in [-0.2, -0.15) is 0 Å². The third kappa shape index (κ3) is 3.67. The lowest BCUT2D eigenvalue weighted by Gasteiger charge is -2.33. The molecule has 0 spiro atoms. The molecule has 1 aliphatic heterocycles. The first-order valence-corrected chi connectivity index (χ1v) is 8.09. The number of rotatable bonds is 5. The summed E-state index contributed by atoms with van der Waals surface area (Å²) in [6, 6.07) is 3.90. The summed E-state index contributed by atoms with van der Waals surface area (Å²) in [5.74, 6) is 0.236. The van der Waals surface area contributed by atoms with E-state index in [9.17, 15) is 4.79 Å². The monoisotopic (exact) mass is 336 g/mol. The SMILES string of the molecule is CCN(Cc1ccc(Cl)s1)C(=O)C1(CC)CCCN1.Cl. The minimum atomic E-state index is -0.336. The Morgan fingerprint density at radius 2 is 2.25 bits per heavy atom. The second kappa shape index (κ2) is 7.64. The van der Waals surface area contributed by atoms with Crippen LogP contribution in [0.25, 0.3) is 0 Å². The molecular formula is C14H22Cl2N2OS. The average Bonchev–Trinajstić information content (AvgIpc) is 3.05. The first-order chi connectivity index (χ1) is 9.11. The molecule has 3 nitrogen and oxygen atoms in total. The van der Waals surface area contributed by atoms with E-state index in [-0.39, 0.29) is 23.9 Å². The van der Waals surface area contributed by atoms with E-state index in [0.29, 0.717) is 6.54 Å². The van der Waals surface area contributed by atoms with E-state index in [1.807, 2.05) is 24.0 Å². The van der Waals surface area contributed by atoms with Gasteiger partial charge in [-0.05, 0) is 44.9 Å². The maximum atomic E-state index is 12.8. The number of nitrogens with zero attached hydrogens (tertiary/aromatic N) is 1. The van der Waals surface area contributed by atoms with Crippen LogP contribution in [0.1, 0.15) is 38.0 Å². The van der Waals surface area contributed by atoms with Crippen LogP contribution in [-0.4, -0.2) is 29.4 Å². The minimum Gasteiger partial charge on any atom is -0.336 e. The highest BCUT2D eigenvalue weighted by Crippen LogP contribution is 2.28. The summed E-state index contributed by atoms with van der Waals surface area (Å²) in [5.41, 5.74) is -0.336. The summed E-state index contributed by atoms with van der Waals surface area (Å²) >= 11 is 7.50. The van der Waals surface area contributed by atoms with Crippen LogP contribution in [0.15, 0.2) is 12.1 Å². The normalized spacial score (nSPS) is 21.6. The molecule has 1 atom stereocenters. The predicted octanol–water partition coefficient (Wildman–Crippen LogP) is 3.70. The van der Waals surface area contributed by atoms with Crippen LogP contribution in [0, 0.1) is 0 Å². The first kappa shape index (κ1) is 17.8. The number of carbonyl (C=O) groups excluding carboxylic acids is 1. The summed E-state index contributed by atoms with van der Waals surface area (Å²) < 4.78 is 0.780.